The first-order valence-corrected chi connectivity index (χ1v) is 28.9. The van der Waals surface area contributed by atoms with Crippen LogP contribution in [-0.4, -0.2) is 141 Å². The van der Waals surface area contributed by atoms with E-state index in [2.05, 4.69) is 14.7 Å². The molecular formula is C65H77N11O17. The molecule has 0 atom stereocenters. The molecule has 494 valence electrons. The highest BCUT2D eigenvalue weighted by molar-refractivity contribution is 6.00. The highest BCUT2D eigenvalue weighted by Crippen LogP contribution is 2.22. The summed E-state index contributed by atoms with van der Waals surface area (Å²) in [7, 11) is 16.0. The fourth-order valence-electron chi connectivity index (χ4n) is 10.1. The molecule has 0 spiro atoms. The Morgan fingerprint density at radius 3 is 1.02 bits per heavy atom. The first kappa shape index (κ1) is 71.3. The molecule has 0 aliphatic heterocycles. The summed E-state index contributed by atoms with van der Waals surface area (Å²) in [6.07, 6.45) is 13.2. The number of esters is 4. The number of hydrogen-bond donors (Lipinski definition) is 1. The number of methoxy groups -OCH3 is 2. The molecule has 0 fully saturated rings. The van der Waals surface area contributed by atoms with Gasteiger partial charge >= 0.3 is 29.8 Å². The van der Waals surface area contributed by atoms with Crippen molar-refractivity contribution in [3.8, 4) is 0 Å². The number of nitro groups is 1. The van der Waals surface area contributed by atoms with Crippen molar-refractivity contribution in [3.63, 3.8) is 0 Å². The number of rotatable bonds is 23. The van der Waals surface area contributed by atoms with Gasteiger partial charge in [0, 0.05) is 125 Å². The summed E-state index contributed by atoms with van der Waals surface area (Å²) < 4.78 is 32.6. The van der Waals surface area contributed by atoms with Crippen molar-refractivity contribution in [2.24, 2.45) is 56.4 Å². The maximum absolute atomic E-state index is 13.2. The molecule has 0 bridgehead atoms. The summed E-state index contributed by atoms with van der Waals surface area (Å²) >= 11 is 0. The van der Waals surface area contributed by atoms with Gasteiger partial charge in [-0.25, -0.2) is 24.4 Å². The maximum Gasteiger partial charge on any atom is 0.372 e. The lowest BCUT2D eigenvalue weighted by atomic mass is 10.1. The zero-order chi connectivity index (χ0) is 69.3. The maximum atomic E-state index is 13.2. The van der Waals surface area contributed by atoms with Crippen molar-refractivity contribution in [1.29, 1.82) is 0 Å². The molecule has 8 aromatic heterocycles. The van der Waals surface area contributed by atoms with Crippen molar-refractivity contribution in [2.45, 2.75) is 97.7 Å². The third-order valence-electron chi connectivity index (χ3n) is 14.0. The molecule has 0 aliphatic carbocycles. The predicted molar refractivity (Wildman–Crippen MR) is 334 cm³/mol. The molecule has 0 aromatic carbocycles. The average Bonchev–Trinajstić information content (AvgIpc) is 1.75. The lowest BCUT2D eigenvalue weighted by Gasteiger charge is -2.19. The van der Waals surface area contributed by atoms with Crippen LogP contribution in [0.15, 0.2) is 86.0 Å². The van der Waals surface area contributed by atoms with E-state index in [9.17, 15) is 58.1 Å². The lowest BCUT2D eigenvalue weighted by Crippen LogP contribution is -2.24. The number of hydrogen-bond acceptors (Lipinski definition) is 18. The van der Waals surface area contributed by atoms with Gasteiger partial charge in [-0.15, -0.1) is 0 Å². The Hall–Kier alpha value is -10.8. The fourth-order valence-corrected chi connectivity index (χ4v) is 10.1. The van der Waals surface area contributed by atoms with Crippen LogP contribution in [0.3, 0.4) is 0 Å². The van der Waals surface area contributed by atoms with Crippen LogP contribution < -0.4 is 0 Å². The van der Waals surface area contributed by atoms with Gasteiger partial charge in [0.15, 0.2) is 29.0 Å². The number of ketones is 5. The van der Waals surface area contributed by atoms with Crippen LogP contribution in [-0.2, 0) is 130 Å². The third kappa shape index (κ3) is 19.1. The second kappa shape index (κ2) is 29.4. The quantitative estimate of drug-likeness (QED) is 0.0231. The Balaban J connectivity index is 0.000000242. The fraction of sp³-hybridized carbons (Fsp3) is 0.385. The molecule has 0 unspecified atom stereocenters. The largest absolute Gasteiger partial charge is 0.475 e. The number of nitrogens with zero attached hydrogens (tertiary/aromatic N) is 11. The molecule has 93 heavy (non-hydrogen) atoms. The molecular weight excluding hydrogens is 1210 g/mol. The summed E-state index contributed by atoms with van der Waals surface area (Å²) in [5, 5.41) is 19.8. The number of ether oxygens (including phenoxy) is 4. The summed E-state index contributed by atoms with van der Waals surface area (Å²) in [4.78, 5) is 141. The second-order valence-electron chi connectivity index (χ2n) is 24.3. The monoisotopic (exact) mass is 1280 g/mol. The van der Waals surface area contributed by atoms with Crippen LogP contribution in [0.2, 0.25) is 0 Å². The summed E-state index contributed by atoms with van der Waals surface area (Å²) in [5.41, 5.74) is 5.04. The molecule has 0 amide bonds. The van der Waals surface area contributed by atoms with Gasteiger partial charge in [-0.05, 0) is 99.7 Å². The molecule has 28 nitrogen and oxygen atoms in total. The lowest BCUT2D eigenvalue weighted by molar-refractivity contribution is -0.384. The van der Waals surface area contributed by atoms with Gasteiger partial charge < -0.3 is 60.6 Å². The zero-order valence-electron chi connectivity index (χ0n) is 54.9. The van der Waals surface area contributed by atoms with Crippen LogP contribution in [0.25, 0.3) is 0 Å². The van der Waals surface area contributed by atoms with Gasteiger partial charge in [0.2, 0.25) is 11.6 Å². The Morgan fingerprint density at radius 1 is 0.409 bits per heavy atom. The first-order chi connectivity index (χ1) is 43.3. The van der Waals surface area contributed by atoms with Crippen molar-refractivity contribution < 1.29 is 76.9 Å². The van der Waals surface area contributed by atoms with Gasteiger partial charge in [0.05, 0.1) is 85.2 Å². The number of Topliss-reactive ketones (excluding diaryl/α,β-unsaturated/α-hetero) is 5. The topological polar surface area (TPSA) is 336 Å². The van der Waals surface area contributed by atoms with Gasteiger partial charge in [-0.1, -0.05) is 0 Å². The molecule has 0 radical (unpaired) electrons. The van der Waals surface area contributed by atoms with E-state index >= 15 is 0 Å². The van der Waals surface area contributed by atoms with Crippen molar-refractivity contribution in [2.75, 3.05) is 14.2 Å². The minimum Gasteiger partial charge on any atom is -0.475 e. The van der Waals surface area contributed by atoms with Crippen LogP contribution in [0, 0.1) is 10.1 Å². The van der Waals surface area contributed by atoms with E-state index in [1.807, 2.05) is 0 Å². The number of carboxylic acid groups (broad SMARTS) is 1. The molecule has 1 N–H and O–H groups in total. The Kier molecular flexibility index (Phi) is 22.6. The zero-order valence-corrected chi connectivity index (χ0v) is 54.9. The van der Waals surface area contributed by atoms with Gasteiger partial charge in [-0.3, -0.25) is 43.7 Å². The average molecular weight is 1280 g/mol. The van der Waals surface area contributed by atoms with Crippen LogP contribution in [0.5, 0.6) is 0 Å². The minimum atomic E-state index is -1.15. The highest BCUT2D eigenvalue weighted by atomic mass is 16.6. The number of carbonyl (C=O) groups excluding carboxylic acids is 9. The molecule has 0 saturated carbocycles. The van der Waals surface area contributed by atoms with Crippen molar-refractivity contribution >= 4 is 64.5 Å². The Labute approximate surface area is 535 Å². The summed E-state index contributed by atoms with van der Waals surface area (Å²) in [6, 6.07) is 9.44. The van der Waals surface area contributed by atoms with Crippen molar-refractivity contribution in [1.82, 2.24) is 46.5 Å². The standard InChI is InChI=1S/C33H39N5O7.C18H23N3O5.C14H15N3O5/c1-33(2,3)45-30(42)14-22-10-25(36(5)18-22)28(40)15-23-19-38(7)31(34-23)29(41)13-20-9-24(35(4)16-20)27(39)12-21-11-26(32(43)44-8)37(6)17-21;1-18(2,3)26-15(23)7-11-6-13(20(4)9-11)14(22)8-12-10-21(5)16(19-12)17(24)25;1-15-7-9(4-12(15)14(19)22-3)5-13(18)11-6-10(17(20)21)8-16(11)2/h9-11,16-19H,12-15H2,1-8H3;6,9-10H,7-8H2,1-5H3,(H,24,25);4,6-8H,5H2,1-3H3. The highest BCUT2D eigenvalue weighted by Gasteiger charge is 2.26. The molecule has 28 heteroatoms. The number of carboxylic acids is 1. The summed E-state index contributed by atoms with van der Waals surface area (Å²) in [6.45, 7) is 10.8. The molecule has 8 aromatic rings. The minimum absolute atomic E-state index is 0.0169. The van der Waals surface area contributed by atoms with Gasteiger partial charge in [0.25, 0.3) is 5.69 Å². The van der Waals surface area contributed by atoms with Crippen molar-refractivity contribution in [3.05, 3.63) is 181 Å². The van der Waals surface area contributed by atoms with Gasteiger partial charge in [0.1, 0.15) is 22.6 Å². The Bertz CT molecular complexity index is 4210. The third-order valence-corrected chi connectivity index (χ3v) is 14.0. The van der Waals surface area contributed by atoms with Gasteiger partial charge in [-0.2, -0.15) is 0 Å². The number of imidazole rings is 2. The van der Waals surface area contributed by atoms with E-state index in [1.165, 1.54) is 41.8 Å². The Morgan fingerprint density at radius 2 is 0.699 bits per heavy atom. The van der Waals surface area contributed by atoms with E-state index in [0.717, 1.165) is 0 Å². The van der Waals surface area contributed by atoms with Crippen LogP contribution in [0.1, 0.15) is 165 Å². The SMILES string of the molecule is COC(=O)c1cc(CC(=O)c2cc(CC(=O)c3nc(CC(=O)c4cc(CC(=O)OC(C)(C)C)cn4C)cn3C)cn2C)cn1C.COC(=O)c1cc(CC(=O)c2cc([N+](=O)[O-])cn2C)cn1C.Cn1cc(CC(=O)OC(C)(C)C)cc1C(=O)Cc1cn(C)c(C(=O)O)n1. The van der Waals surface area contributed by atoms with Crippen LogP contribution in [0.4, 0.5) is 5.69 Å². The van der Waals surface area contributed by atoms with E-state index in [-0.39, 0.29) is 109 Å². The van der Waals surface area contributed by atoms with E-state index in [0.29, 0.717) is 67.7 Å². The molecule has 0 aliphatic rings. The number of carbonyl (C=O) groups is 10. The van der Waals surface area contributed by atoms with Crippen LogP contribution >= 0.6 is 0 Å². The number of aromatic nitrogens is 10. The van der Waals surface area contributed by atoms with E-state index in [4.69, 9.17) is 19.3 Å². The summed E-state index contributed by atoms with van der Waals surface area (Å²) in [5.74, 6) is -3.88. The van der Waals surface area contributed by atoms with E-state index in [1.54, 1.807) is 193 Å². The molecule has 0 saturated heterocycles. The molecule has 8 heterocycles. The smallest absolute Gasteiger partial charge is 0.372 e. The first-order valence-electron chi connectivity index (χ1n) is 28.9. The predicted octanol–water partition coefficient (Wildman–Crippen LogP) is 6.63. The molecule has 8 rings (SSSR count). The van der Waals surface area contributed by atoms with E-state index < -0.39 is 34.0 Å². The number of aryl methyl sites for hydroxylation is 8. The normalized spacial score (nSPS) is 11.2. The number of aromatic carboxylic acids is 1. The second-order valence-corrected chi connectivity index (χ2v) is 24.3.